The molecule has 0 radical (unpaired) electrons. The Kier molecular flexibility index (Phi) is 15.8. The van der Waals surface area contributed by atoms with Gasteiger partial charge in [0.05, 0.1) is 5.92 Å². The van der Waals surface area contributed by atoms with E-state index >= 15 is 0 Å². The van der Waals surface area contributed by atoms with E-state index in [2.05, 4.69) is 47.6 Å². The van der Waals surface area contributed by atoms with Crippen LogP contribution in [0.2, 0.25) is 0 Å². The summed E-state index contributed by atoms with van der Waals surface area (Å²) in [5.74, 6) is 4.89. The largest absolute Gasteiger partial charge is 0.481 e. The zero-order valence-corrected chi connectivity index (χ0v) is 32.4. The summed E-state index contributed by atoms with van der Waals surface area (Å²) in [5.41, 5.74) is 2.53. The summed E-state index contributed by atoms with van der Waals surface area (Å²) in [7, 11) is 0. The van der Waals surface area contributed by atoms with Crippen LogP contribution in [0.4, 0.5) is 0 Å². The van der Waals surface area contributed by atoms with E-state index in [1.165, 1.54) is 141 Å². The summed E-state index contributed by atoms with van der Waals surface area (Å²) in [6, 6.07) is 0. The van der Waals surface area contributed by atoms with E-state index in [0.29, 0.717) is 16.7 Å². The minimum Gasteiger partial charge on any atom is -0.481 e. The van der Waals surface area contributed by atoms with Gasteiger partial charge in [0.25, 0.3) is 0 Å². The number of carbonyl (C=O) groups is 1. The van der Waals surface area contributed by atoms with Gasteiger partial charge in [-0.05, 0) is 110 Å². The Morgan fingerprint density at radius 1 is 0.745 bits per heavy atom. The van der Waals surface area contributed by atoms with Crippen LogP contribution in [0.15, 0.2) is 11.6 Å². The fourth-order valence-corrected chi connectivity index (χ4v) is 12.2. The van der Waals surface area contributed by atoms with Crippen molar-refractivity contribution in [3.05, 3.63) is 11.6 Å². The summed E-state index contributed by atoms with van der Waals surface area (Å²) in [6.45, 7) is 14.9. The van der Waals surface area contributed by atoms with Crippen LogP contribution in [0.1, 0.15) is 208 Å². The topological polar surface area (TPSA) is 37.3 Å². The summed E-state index contributed by atoms with van der Waals surface area (Å²) >= 11 is 0. The van der Waals surface area contributed by atoms with Gasteiger partial charge in [-0.25, -0.2) is 0 Å². The van der Waals surface area contributed by atoms with E-state index in [-0.39, 0.29) is 5.92 Å². The minimum atomic E-state index is -0.518. The molecule has 0 bridgehead atoms. The van der Waals surface area contributed by atoms with Gasteiger partial charge in [0.1, 0.15) is 0 Å². The second-order valence-corrected chi connectivity index (χ2v) is 18.6. The molecule has 0 heterocycles. The molecular weight excluding hydrogens is 572 g/mol. The SMILES string of the molecule is CCCCCCCCCCCCCCCCC(C(=O)O)[C@H]1CC[C@@]2(C)C(=CC[C@H]3[C@@H]4CC[C@H]([C@H](C)CCCC(C)C)[C@@]4(C)CC[C@@H]32)C1. The highest BCUT2D eigenvalue weighted by atomic mass is 16.4. The minimum absolute atomic E-state index is 0.141. The van der Waals surface area contributed by atoms with Gasteiger partial charge in [-0.3, -0.25) is 4.79 Å². The molecule has 0 aliphatic heterocycles. The Balaban J connectivity index is 1.20. The lowest BCUT2D eigenvalue weighted by atomic mass is 9.46. The van der Waals surface area contributed by atoms with Crippen molar-refractivity contribution in [2.24, 2.45) is 58.2 Å². The molecule has 3 saturated carbocycles. The molecule has 1 N–H and O–H groups in total. The summed E-state index contributed by atoms with van der Waals surface area (Å²) in [5, 5.41) is 10.3. The maximum absolute atomic E-state index is 12.6. The first-order chi connectivity index (χ1) is 22.6. The van der Waals surface area contributed by atoms with Crippen LogP contribution in [0.5, 0.6) is 0 Å². The van der Waals surface area contributed by atoms with Crippen molar-refractivity contribution in [2.75, 3.05) is 0 Å². The van der Waals surface area contributed by atoms with Gasteiger partial charge in [-0.15, -0.1) is 0 Å². The molecule has 0 aromatic carbocycles. The number of rotatable bonds is 22. The van der Waals surface area contributed by atoms with E-state index < -0.39 is 5.97 Å². The van der Waals surface area contributed by atoms with Gasteiger partial charge in [0, 0.05) is 0 Å². The average molecular weight is 653 g/mol. The van der Waals surface area contributed by atoms with Crippen molar-refractivity contribution in [1.82, 2.24) is 0 Å². The molecule has 0 saturated heterocycles. The molecule has 4 rings (SSSR count). The third kappa shape index (κ3) is 10.1. The summed E-state index contributed by atoms with van der Waals surface area (Å²) in [6.07, 6.45) is 37.2. The van der Waals surface area contributed by atoms with E-state index in [9.17, 15) is 9.90 Å². The fourth-order valence-electron chi connectivity index (χ4n) is 12.2. The zero-order chi connectivity index (χ0) is 33.9. The molecule has 3 fully saturated rings. The molecule has 47 heavy (non-hydrogen) atoms. The Hall–Kier alpha value is -0.790. The smallest absolute Gasteiger partial charge is 0.306 e. The molecule has 0 aromatic heterocycles. The summed E-state index contributed by atoms with van der Waals surface area (Å²) < 4.78 is 0. The first kappa shape index (κ1) is 39.0. The third-order valence-electron chi connectivity index (χ3n) is 15.1. The number of hydrogen-bond donors (Lipinski definition) is 1. The number of unbranched alkanes of at least 4 members (excludes halogenated alkanes) is 13. The number of aliphatic carboxylic acids is 1. The van der Waals surface area contributed by atoms with E-state index in [0.717, 1.165) is 61.2 Å². The van der Waals surface area contributed by atoms with Crippen molar-refractivity contribution in [3.63, 3.8) is 0 Å². The summed E-state index contributed by atoms with van der Waals surface area (Å²) in [4.78, 5) is 12.6. The van der Waals surface area contributed by atoms with Gasteiger partial charge in [0.2, 0.25) is 0 Å². The van der Waals surface area contributed by atoms with Crippen molar-refractivity contribution in [3.8, 4) is 0 Å². The highest BCUT2D eigenvalue weighted by Crippen LogP contribution is 2.67. The lowest BCUT2D eigenvalue weighted by molar-refractivity contribution is -0.144. The van der Waals surface area contributed by atoms with Gasteiger partial charge in [-0.2, -0.15) is 0 Å². The van der Waals surface area contributed by atoms with Crippen LogP contribution in [0.25, 0.3) is 0 Å². The molecule has 1 unspecified atom stereocenters. The molecule has 2 heteroatoms. The lowest BCUT2D eigenvalue weighted by Crippen LogP contribution is -2.51. The van der Waals surface area contributed by atoms with Gasteiger partial charge in [0.15, 0.2) is 0 Å². The molecule has 0 spiro atoms. The van der Waals surface area contributed by atoms with Crippen LogP contribution in [0.3, 0.4) is 0 Å². The van der Waals surface area contributed by atoms with Crippen LogP contribution in [0, 0.1) is 58.2 Å². The molecular formula is C45H80O2. The van der Waals surface area contributed by atoms with Gasteiger partial charge in [-0.1, -0.05) is 162 Å². The number of carboxylic acids is 1. The molecule has 2 nitrogen and oxygen atoms in total. The number of allylic oxidation sites excluding steroid dienone is 2. The molecule has 0 aromatic rings. The molecule has 272 valence electrons. The van der Waals surface area contributed by atoms with Crippen LogP contribution in [-0.2, 0) is 4.79 Å². The molecule has 4 aliphatic carbocycles. The molecule has 9 atom stereocenters. The van der Waals surface area contributed by atoms with Gasteiger partial charge < -0.3 is 5.11 Å². The normalized spacial score (nSPS) is 33.2. The molecule has 4 aliphatic rings. The van der Waals surface area contributed by atoms with Crippen molar-refractivity contribution in [2.45, 2.75) is 208 Å². The number of hydrogen-bond acceptors (Lipinski definition) is 1. The Bertz CT molecular complexity index is 950. The first-order valence-corrected chi connectivity index (χ1v) is 21.5. The molecule has 0 amide bonds. The van der Waals surface area contributed by atoms with Crippen molar-refractivity contribution >= 4 is 5.97 Å². The predicted octanol–water partition coefficient (Wildman–Crippen LogP) is 14.2. The van der Waals surface area contributed by atoms with Crippen LogP contribution >= 0.6 is 0 Å². The predicted molar refractivity (Wildman–Crippen MR) is 203 cm³/mol. The van der Waals surface area contributed by atoms with E-state index in [1.54, 1.807) is 5.57 Å². The zero-order valence-electron chi connectivity index (χ0n) is 32.4. The second kappa shape index (κ2) is 19.0. The quantitative estimate of drug-likeness (QED) is 0.0933. The lowest BCUT2D eigenvalue weighted by Gasteiger charge is -2.59. The second-order valence-electron chi connectivity index (χ2n) is 18.6. The number of fused-ring (bicyclic) bond motifs is 5. The maximum atomic E-state index is 12.6. The van der Waals surface area contributed by atoms with Crippen LogP contribution in [-0.4, -0.2) is 11.1 Å². The standard InChI is InChI=1S/C45H80O2/c1-7-8-9-10-11-12-13-14-15-16-17-18-19-20-24-38(43(46)47)36-29-31-44(5)37(33-36)25-26-39-41-28-27-40(35(4)23-21-22-34(2)3)45(41,6)32-30-42(39)44/h25,34-36,38-42H,7-24,26-33H2,1-6H3,(H,46,47)/t35-,36+,38?,39+,40-,41+,42+,44+,45-/m1/s1. The van der Waals surface area contributed by atoms with Crippen molar-refractivity contribution < 1.29 is 9.90 Å². The van der Waals surface area contributed by atoms with E-state index in [4.69, 9.17) is 0 Å². The highest BCUT2D eigenvalue weighted by Gasteiger charge is 2.59. The average Bonchev–Trinajstić information content (AvgIpc) is 3.39. The number of carboxylic acid groups (broad SMARTS) is 1. The highest BCUT2D eigenvalue weighted by molar-refractivity contribution is 5.70. The third-order valence-corrected chi connectivity index (χ3v) is 15.1. The van der Waals surface area contributed by atoms with Gasteiger partial charge >= 0.3 is 5.97 Å². The fraction of sp³-hybridized carbons (Fsp3) is 0.933. The van der Waals surface area contributed by atoms with Crippen LogP contribution < -0.4 is 0 Å². The van der Waals surface area contributed by atoms with E-state index in [1.807, 2.05) is 0 Å². The first-order valence-electron chi connectivity index (χ1n) is 21.5. The Morgan fingerprint density at radius 3 is 1.96 bits per heavy atom. The Morgan fingerprint density at radius 2 is 1.36 bits per heavy atom. The maximum Gasteiger partial charge on any atom is 0.306 e. The Labute approximate surface area is 293 Å². The monoisotopic (exact) mass is 653 g/mol. The van der Waals surface area contributed by atoms with Crippen molar-refractivity contribution in [1.29, 1.82) is 0 Å².